The first-order valence-corrected chi connectivity index (χ1v) is 6.23. The zero-order valence-electron chi connectivity index (χ0n) is 10.7. The lowest BCUT2D eigenvalue weighted by atomic mass is 9.81. The number of rotatable bonds is 4. The fourth-order valence-electron chi connectivity index (χ4n) is 2.49. The van der Waals surface area contributed by atoms with Crippen molar-refractivity contribution >= 4 is 17.3 Å². The van der Waals surface area contributed by atoms with Gasteiger partial charge < -0.3 is 0 Å². The highest BCUT2D eigenvalue weighted by molar-refractivity contribution is 6.00. The summed E-state index contributed by atoms with van der Waals surface area (Å²) < 4.78 is 0. The third-order valence-electron chi connectivity index (χ3n) is 3.76. The average Bonchev–Trinajstić information content (AvgIpc) is 2.69. The number of nitro benzene ring substituents is 1. The number of hydrogen-bond acceptors (Lipinski definition) is 4. The van der Waals surface area contributed by atoms with E-state index < -0.39 is 10.3 Å². The van der Waals surface area contributed by atoms with Crippen LogP contribution in [-0.4, -0.2) is 16.5 Å². The van der Waals surface area contributed by atoms with Crippen molar-refractivity contribution < 1.29 is 14.5 Å². The Bertz CT molecular complexity index is 535. The fraction of sp³-hybridized carbons (Fsp3) is 0.429. The number of carbonyl (C=O) groups is 2. The molecule has 19 heavy (non-hydrogen) atoms. The summed E-state index contributed by atoms with van der Waals surface area (Å²) >= 11 is 0. The molecular weight excluding hydrogens is 246 g/mol. The molecule has 0 aromatic heterocycles. The molecule has 0 spiro atoms. The Balaban J connectivity index is 2.12. The van der Waals surface area contributed by atoms with Crippen molar-refractivity contribution in [3.8, 4) is 0 Å². The highest BCUT2D eigenvalue weighted by Gasteiger charge is 2.39. The van der Waals surface area contributed by atoms with Crippen molar-refractivity contribution in [2.45, 2.75) is 32.6 Å². The van der Waals surface area contributed by atoms with Gasteiger partial charge in [0.2, 0.25) is 0 Å². The maximum absolute atomic E-state index is 12.1. The molecule has 2 rings (SSSR count). The second kappa shape index (κ2) is 4.91. The Kier molecular flexibility index (Phi) is 3.46. The number of nitrogens with zero attached hydrogens (tertiary/aromatic N) is 1. The first kappa shape index (κ1) is 13.4. The lowest BCUT2D eigenvalue weighted by molar-refractivity contribution is -0.384. The van der Waals surface area contributed by atoms with Crippen LogP contribution in [0.1, 0.15) is 43.0 Å². The Morgan fingerprint density at radius 3 is 2.47 bits per heavy atom. The number of hydrogen-bond donors (Lipinski definition) is 0. The number of nitro groups is 1. The van der Waals surface area contributed by atoms with Gasteiger partial charge in [-0.1, -0.05) is 6.92 Å². The van der Waals surface area contributed by atoms with Crippen LogP contribution in [0.4, 0.5) is 5.69 Å². The topological polar surface area (TPSA) is 77.3 Å². The maximum Gasteiger partial charge on any atom is 0.269 e. The molecule has 0 unspecified atom stereocenters. The summed E-state index contributed by atoms with van der Waals surface area (Å²) in [5, 5.41) is 10.5. The minimum atomic E-state index is -0.557. The lowest BCUT2D eigenvalue weighted by Crippen LogP contribution is -2.25. The summed E-state index contributed by atoms with van der Waals surface area (Å²) in [6, 6.07) is 5.52. The van der Waals surface area contributed by atoms with Crippen LogP contribution in [-0.2, 0) is 4.79 Å². The van der Waals surface area contributed by atoms with Crippen LogP contribution in [0.3, 0.4) is 0 Å². The monoisotopic (exact) mass is 261 g/mol. The van der Waals surface area contributed by atoms with Gasteiger partial charge in [-0.05, 0) is 25.0 Å². The van der Waals surface area contributed by atoms with Crippen molar-refractivity contribution in [2.24, 2.45) is 5.41 Å². The van der Waals surface area contributed by atoms with Gasteiger partial charge in [0.1, 0.15) is 5.78 Å². The van der Waals surface area contributed by atoms with Crippen molar-refractivity contribution in [2.75, 3.05) is 0 Å². The molecule has 1 fully saturated rings. The number of non-ortho nitro benzene ring substituents is 1. The molecule has 0 bridgehead atoms. The largest absolute Gasteiger partial charge is 0.299 e. The minimum Gasteiger partial charge on any atom is -0.299 e. The van der Waals surface area contributed by atoms with E-state index in [-0.39, 0.29) is 23.7 Å². The van der Waals surface area contributed by atoms with Gasteiger partial charge in [0.05, 0.1) is 4.92 Å². The molecule has 1 aromatic carbocycles. The van der Waals surface area contributed by atoms with E-state index in [9.17, 15) is 19.7 Å². The molecular formula is C14H15NO4. The van der Waals surface area contributed by atoms with Crippen LogP contribution in [0.25, 0.3) is 0 Å². The van der Waals surface area contributed by atoms with Crippen molar-refractivity contribution in [3.63, 3.8) is 0 Å². The molecule has 0 N–H and O–H groups in total. The molecule has 5 heteroatoms. The number of carbonyl (C=O) groups excluding carboxylic acids is 2. The van der Waals surface area contributed by atoms with Crippen LogP contribution >= 0.6 is 0 Å². The van der Waals surface area contributed by atoms with E-state index in [0.717, 1.165) is 12.8 Å². The van der Waals surface area contributed by atoms with Crippen LogP contribution < -0.4 is 0 Å². The van der Waals surface area contributed by atoms with E-state index in [1.165, 1.54) is 24.3 Å². The quantitative estimate of drug-likeness (QED) is 0.474. The van der Waals surface area contributed by atoms with Gasteiger partial charge in [0.15, 0.2) is 5.78 Å². The van der Waals surface area contributed by atoms with Crippen molar-refractivity contribution in [1.82, 2.24) is 0 Å². The van der Waals surface area contributed by atoms with E-state index in [4.69, 9.17) is 0 Å². The summed E-state index contributed by atoms with van der Waals surface area (Å²) in [5.74, 6) is 0.00964. The molecule has 1 aromatic rings. The first-order chi connectivity index (χ1) is 8.92. The number of ketones is 2. The van der Waals surface area contributed by atoms with Crippen molar-refractivity contribution in [3.05, 3.63) is 39.9 Å². The molecule has 0 heterocycles. The van der Waals surface area contributed by atoms with Crippen LogP contribution in [0, 0.1) is 15.5 Å². The van der Waals surface area contributed by atoms with E-state index in [2.05, 4.69) is 0 Å². The van der Waals surface area contributed by atoms with Gasteiger partial charge in [-0.15, -0.1) is 0 Å². The van der Waals surface area contributed by atoms with Crippen LogP contribution in [0.2, 0.25) is 0 Å². The molecule has 0 aliphatic heterocycles. The summed E-state index contributed by atoms with van der Waals surface area (Å²) in [4.78, 5) is 33.9. The standard InChI is InChI=1S/C14H15NO4/c1-14(8-2-3-13(14)17)9-12(16)10-4-6-11(7-5-10)15(18)19/h4-7H,2-3,8-9H2,1H3/t14-/m0/s1. The first-order valence-electron chi connectivity index (χ1n) is 6.23. The van der Waals surface area contributed by atoms with Crippen LogP contribution in [0.5, 0.6) is 0 Å². The average molecular weight is 261 g/mol. The summed E-state index contributed by atoms with van der Waals surface area (Å²) in [6.45, 7) is 1.83. The van der Waals surface area contributed by atoms with Crippen molar-refractivity contribution in [1.29, 1.82) is 0 Å². The van der Waals surface area contributed by atoms with Gasteiger partial charge in [-0.2, -0.15) is 0 Å². The lowest BCUT2D eigenvalue weighted by Gasteiger charge is -2.20. The Morgan fingerprint density at radius 1 is 1.37 bits per heavy atom. The summed E-state index contributed by atoms with van der Waals surface area (Å²) in [5.41, 5.74) is -0.176. The van der Waals surface area contributed by atoms with E-state index in [1.54, 1.807) is 0 Å². The maximum atomic E-state index is 12.1. The SMILES string of the molecule is C[C@@]1(CC(=O)c2ccc([N+](=O)[O-])cc2)CCCC1=O. The molecule has 100 valence electrons. The molecule has 0 radical (unpaired) electrons. The molecule has 0 amide bonds. The zero-order valence-corrected chi connectivity index (χ0v) is 10.7. The van der Waals surface area contributed by atoms with Gasteiger partial charge >= 0.3 is 0 Å². The molecule has 1 aliphatic rings. The molecule has 1 saturated carbocycles. The number of Topliss-reactive ketones (excluding diaryl/α,β-unsaturated/α-hetero) is 2. The van der Waals surface area contributed by atoms with E-state index in [0.29, 0.717) is 12.0 Å². The molecule has 1 atom stereocenters. The highest BCUT2D eigenvalue weighted by atomic mass is 16.6. The van der Waals surface area contributed by atoms with Gasteiger partial charge in [0.25, 0.3) is 5.69 Å². The third kappa shape index (κ3) is 2.70. The molecule has 5 nitrogen and oxygen atoms in total. The van der Waals surface area contributed by atoms with Gasteiger partial charge in [-0.25, -0.2) is 0 Å². The Labute approximate surface area is 110 Å². The predicted octanol–water partition coefficient (Wildman–Crippen LogP) is 2.93. The van der Waals surface area contributed by atoms with Gasteiger partial charge in [-0.3, -0.25) is 19.7 Å². The minimum absolute atomic E-state index is 0.0419. The van der Waals surface area contributed by atoms with E-state index >= 15 is 0 Å². The summed E-state index contributed by atoms with van der Waals surface area (Å²) in [7, 11) is 0. The Hall–Kier alpha value is -2.04. The summed E-state index contributed by atoms with van der Waals surface area (Å²) in [6.07, 6.45) is 2.31. The number of benzene rings is 1. The molecule has 0 saturated heterocycles. The normalized spacial score (nSPS) is 22.5. The smallest absolute Gasteiger partial charge is 0.269 e. The fourth-order valence-corrected chi connectivity index (χ4v) is 2.49. The zero-order chi connectivity index (χ0) is 14.0. The second-order valence-corrected chi connectivity index (χ2v) is 5.24. The second-order valence-electron chi connectivity index (χ2n) is 5.24. The van der Waals surface area contributed by atoms with E-state index in [1.807, 2.05) is 6.92 Å². The predicted molar refractivity (Wildman–Crippen MR) is 69.0 cm³/mol. The van der Waals surface area contributed by atoms with Gasteiger partial charge in [0, 0.05) is 36.0 Å². The Morgan fingerprint density at radius 2 is 2.00 bits per heavy atom. The van der Waals surface area contributed by atoms with Crippen LogP contribution in [0.15, 0.2) is 24.3 Å². The molecule has 1 aliphatic carbocycles. The highest BCUT2D eigenvalue weighted by Crippen LogP contribution is 2.38. The third-order valence-corrected chi connectivity index (χ3v) is 3.76.